The van der Waals surface area contributed by atoms with Crippen molar-refractivity contribution in [2.75, 3.05) is 23.5 Å². The average molecular weight is 290 g/mol. The van der Waals surface area contributed by atoms with Crippen molar-refractivity contribution in [2.45, 2.75) is 13.3 Å². The lowest BCUT2D eigenvalue weighted by atomic mass is 10.2. The summed E-state index contributed by atoms with van der Waals surface area (Å²) >= 11 is 0. The van der Waals surface area contributed by atoms with E-state index in [1.54, 1.807) is 6.07 Å². The van der Waals surface area contributed by atoms with Gasteiger partial charge in [-0.15, -0.1) is 0 Å². The number of rotatable bonds is 4. The van der Waals surface area contributed by atoms with Crippen molar-refractivity contribution in [1.29, 1.82) is 0 Å². The predicted molar refractivity (Wildman–Crippen MR) is 75.9 cm³/mol. The van der Waals surface area contributed by atoms with E-state index in [0.29, 0.717) is 19.1 Å². The van der Waals surface area contributed by atoms with Crippen LogP contribution < -0.4 is 20.9 Å². The van der Waals surface area contributed by atoms with Crippen LogP contribution >= 0.6 is 0 Å². The highest BCUT2D eigenvalue weighted by Gasteiger charge is 2.24. The number of hydrazine groups is 1. The second-order valence-electron chi connectivity index (χ2n) is 4.49. The van der Waals surface area contributed by atoms with Gasteiger partial charge in [0.15, 0.2) is 0 Å². The van der Waals surface area contributed by atoms with E-state index in [0.717, 1.165) is 17.7 Å². The smallest absolute Gasteiger partial charge is 0.323 e. The Kier molecular flexibility index (Phi) is 3.53. The van der Waals surface area contributed by atoms with Crippen LogP contribution in [-0.4, -0.2) is 28.1 Å². The molecule has 0 spiro atoms. The first-order valence-electron chi connectivity index (χ1n) is 6.62. The lowest BCUT2D eigenvalue weighted by molar-refractivity contribution is 0.312. The normalized spacial score (nSPS) is 13.2. The van der Waals surface area contributed by atoms with E-state index in [1.807, 2.05) is 11.8 Å². The molecule has 110 valence electrons. The first kappa shape index (κ1) is 13.5. The third kappa shape index (κ3) is 2.57. The van der Waals surface area contributed by atoms with Crippen LogP contribution in [0.3, 0.4) is 0 Å². The number of nitrogen functional groups attached to an aromatic ring is 1. The second kappa shape index (κ2) is 5.49. The fourth-order valence-corrected chi connectivity index (χ4v) is 2.28. The minimum Gasteiger partial charge on any atom is -0.464 e. The highest BCUT2D eigenvalue weighted by atomic mass is 19.1. The van der Waals surface area contributed by atoms with Crippen molar-refractivity contribution in [3.63, 3.8) is 0 Å². The number of benzene rings is 1. The van der Waals surface area contributed by atoms with Crippen LogP contribution in [0, 0.1) is 5.82 Å². The largest absolute Gasteiger partial charge is 0.464 e. The Balaban J connectivity index is 2.02. The molecule has 0 bridgehead atoms. The van der Waals surface area contributed by atoms with Crippen LogP contribution in [0.5, 0.6) is 6.01 Å². The van der Waals surface area contributed by atoms with Gasteiger partial charge in [0.1, 0.15) is 5.82 Å². The lowest BCUT2D eigenvalue weighted by Crippen LogP contribution is -2.20. The van der Waals surface area contributed by atoms with Gasteiger partial charge in [-0.1, -0.05) is 6.07 Å². The number of fused-ring (bicyclic) bond motifs is 1. The van der Waals surface area contributed by atoms with E-state index in [4.69, 9.17) is 10.6 Å². The number of hydrogen-bond acceptors (Lipinski definition) is 7. The molecule has 0 saturated heterocycles. The lowest BCUT2D eigenvalue weighted by Gasteiger charge is -2.18. The third-order valence-electron chi connectivity index (χ3n) is 3.19. The van der Waals surface area contributed by atoms with E-state index in [1.165, 1.54) is 12.1 Å². The molecule has 0 radical (unpaired) electrons. The van der Waals surface area contributed by atoms with Gasteiger partial charge in [0.05, 0.1) is 12.3 Å². The Labute approximate surface area is 121 Å². The highest BCUT2D eigenvalue weighted by molar-refractivity contribution is 5.66. The van der Waals surface area contributed by atoms with Crippen LogP contribution in [0.1, 0.15) is 12.5 Å². The van der Waals surface area contributed by atoms with Crippen molar-refractivity contribution in [3.05, 3.63) is 29.6 Å². The summed E-state index contributed by atoms with van der Waals surface area (Å²) in [6.45, 7) is 2.93. The molecule has 0 atom stereocenters. The molecule has 1 aromatic heterocycles. The molecule has 1 aliphatic rings. The standard InChI is InChI=1S/C13H15FN6O/c1-2-21-13-17-11(19-15)16-12(18-13)20-6-5-8-3-4-9(14)7-10(8)20/h3-4,7H,2,5-6,15H2,1H3,(H,16,17,18,19). The number of nitrogens with one attached hydrogen (secondary N) is 1. The monoisotopic (exact) mass is 290 g/mol. The molecule has 8 heteroatoms. The molecule has 3 N–H and O–H groups in total. The molecule has 0 aliphatic carbocycles. The number of ether oxygens (including phenoxy) is 1. The molecule has 2 heterocycles. The minimum atomic E-state index is -0.295. The van der Waals surface area contributed by atoms with Gasteiger partial charge in [0.25, 0.3) is 0 Å². The fraction of sp³-hybridized carbons (Fsp3) is 0.308. The second-order valence-corrected chi connectivity index (χ2v) is 4.49. The zero-order valence-corrected chi connectivity index (χ0v) is 11.5. The van der Waals surface area contributed by atoms with Gasteiger partial charge < -0.3 is 9.64 Å². The molecule has 0 amide bonds. The number of nitrogens with two attached hydrogens (primary N) is 1. The zero-order valence-electron chi connectivity index (χ0n) is 11.5. The van der Waals surface area contributed by atoms with Crippen LogP contribution in [0.15, 0.2) is 18.2 Å². The van der Waals surface area contributed by atoms with Crippen LogP contribution in [-0.2, 0) is 6.42 Å². The summed E-state index contributed by atoms with van der Waals surface area (Å²) in [7, 11) is 0. The molecule has 1 aromatic carbocycles. The quantitative estimate of drug-likeness (QED) is 0.649. The van der Waals surface area contributed by atoms with Gasteiger partial charge in [-0.05, 0) is 31.0 Å². The Morgan fingerprint density at radius 3 is 3.00 bits per heavy atom. The Hall–Kier alpha value is -2.48. The highest BCUT2D eigenvalue weighted by Crippen LogP contribution is 2.33. The molecule has 0 unspecified atom stereocenters. The summed E-state index contributed by atoms with van der Waals surface area (Å²) in [6, 6.07) is 4.88. The first-order chi connectivity index (χ1) is 10.2. The van der Waals surface area contributed by atoms with Gasteiger partial charge in [0, 0.05) is 6.54 Å². The molecule has 3 rings (SSSR count). The summed E-state index contributed by atoms with van der Waals surface area (Å²) < 4.78 is 18.8. The Morgan fingerprint density at radius 1 is 1.38 bits per heavy atom. The molecule has 21 heavy (non-hydrogen) atoms. The number of aromatic nitrogens is 3. The Morgan fingerprint density at radius 2 is 2.24 bits per heavy atom. The predicted octanol–water partition coefficient (Wildman–Crippen LogP) is 1.39. The molecule has 0 fully saturated rings. The number of halogens is 1. The van der Waals surface area contributed by atoms with Gasteiger partial charge >= 0.3 is 6.01 Å². The molecule has 1 aliphatic heterocycles. The summed E-state index contributed by atoms with van der Waals surface area (Å²) in [5, 5.41) is 0. The number of nitrogens with zero attached hydrogens (tertiary/aromatic N) is 4. The van der Waals surface area contributed by atoms with Gasteiger partial charge in [-0.2, -0.15) is 15.0 Å². The van der Waals surface area contributed by atoms with Crippen LogP contribution in [0.4, 0.5) is 22.0 Å². The van der Waals surface area contributed by atoms with Gasteiger partial charge in [-0.25, -0.2) is 10.2 Å². The van der Waals surface area contributed by atoms with Gasteiger partial charge in [0.2, 0.25) is 11.9 Å². The van der Waals surface area contributed by atoms with Gasteiger partial charge in [-0.3, -0.25) is 5.43 Å². The maximum atomic E-state index is 13.5. The maximum Gasteiger partial charge on any atom is 0.323 e. The molecule has 0 saturated carbocycles. The zero-order chi connectivity index (χ0) is 14.8. The van der Waals surface area contributed by atoms with Crippen molar-refractivity contribution < 1.29 is 9.13 Å². The van der Waals surface area contributed by atoms with Crippen molar-refractivity contribution in [2.24, 2.45) is 5.84 Å². The summed E-state index contributed by atoms with van der Waals surface area (Å²) in [6.07, 6.45) is 0.802. The molecular formula is C13H15FN6O. The molecule has 7 nitrogen and oxygen atoms in total. The SMILES string of the molecule is CCOc1nc(NN)nc(N2CCc3ccc(F)cc32)n1. The van der Waals surface area contributed by atoms with E-state index in [9.17, 15) is 4.39 Å². The first-order valence-corrected chi connectivity index (χ1v) is 6.62. The van der Waals surface area contributed by atoms with E-state index >= 15 is 0 Å². The number of hydrogen-bond donors (Lipinski definition) is 2. The van der Waals surface area contributed by atoms with Crippen molar-refractivity contribution >= 4 is 17.6 Å². The number of anilines is 3. The minimum absolute atomic E-state index is 0.181. The molecule has 2 aromatic rings. The summed E-state index contributed by atoms with van der Waals surface area (Å²) in [4.78, 5) is 14.3. The van der Waals surface area contributed by atoms with Crippen molar-refractivity contribution in [1.82, 2.24) is 15.0 Å². The average Bonchev–Trinajstić information content (AvgIpc) is 2.90. The Bertz CT molecular complexity index is 665. The maximum absolute atomic E-state index is 13.5. The molecular weight excluding hydrogens is 275 g/mol. The topological polar surface area (TPSA) is 89.2 Å². The van der Waals surface area contributed by atoms with E-state index < -0.39 is 0 Å². The third-order valence-corrected chi connectivity index (χ3v) is 3.19. The fourth-order valence-electron chi connectivity index (χ4n) is 2.28. The van der Waals surface area contributed by atoms with Crippen molar-refractivity contribution in [3.8, 4) is 6.01 Å². The summed E-state index contributed by atoms with van der Waals surface area (Å²) in [5.41, 5.74) is 4.19. The van der Waals surface area contributed by atoms with E-state index in [-0.39, 0.29) is 17.8 Å². The van der Waals surface area contributed by atoms with Crippen LogP contribution in [0.25, 0.3) is 0 Å². The van der Waals surface area contributed by atoms with Crippen LogP contribution in [0.2, 0.25) is 0 Å². The summed E-state index contributed by atoms with van der Waals surface area (Å²) in [5.74, 6) is 5.65. The van der Waals surface area contributed by atoms with E-state index in [2.05, 4.69) is 20.4 Å².